The van der Waals surface area contributed by atoms with E-state index >= 15 is 0 Å². The molecule has 30 heavy (non-hydrogen) atoms. The Labute approximate surface area is 188 Å². The Morgan fingerprint density at radius 2 is 0.733 bits per heavy atom. The van der Waals surface area contributed by atoms with Crippen molar-refractivity contribution >= 4 is 0 Å². The molecule has 0 N–H and O–H groups in total. The summed E-state index contributed by atoms with van der Waals surface area (Å²) in [5.41, 5.74) is 0. The zero-order valence-corrected chi connectivity index (χ0v) is 19.4. The van der Waals surface area contributed by atoms with Gasteiger partial charge in [0.05, 0.1) is 0 Å². The van der Waals surface area contributed by atoms with Gasteiger partial charge in [0.2, 0.25) is 0 Å². The third-order valence-electron chi connectivity index (χ3n) is 4.80. The van der Waals surface area contributed by atoms with Crippen LogP contribution in [-0.2, 0) is 0 Å². The molecule has 0 heterocycles. The maximum absolute atomic E-state index is 5.24. The molecular weight excluding hydrogens is 360 g/mol. The van der Waals surface area contributed by atoms with Gasteiger partial charge in [0, 0.05) is 0 Å². The molecule has 1 radical (unpaired) electrons. The topological polar surface area (TPSA) is 0 Å². The van der Waals surface area contributed by atoms with Crippen molar-refractivity contribution < 1.29 is 0 Å². The van der Waals surface area contributed by atoms with Gasteiger partial charge in [-0.3, -0.25) is 0 Å². The second-order valence-corrected chi connectivity index (χ2v) is 7.61. The van der Waals surface area contributed by atoms with Gasteiger partial charge in [-0.25, -0.2) is 0 Å². The molecule has 0 atom stereocenters. The summed E-state index contributed by atoms with van der Waals surface area (Å²) in [5, 5.41) is 0. The van der Waals surface area contributed by atoms with Crippen molar-refractivity contribution in [3.8, 4) is 0 Å². The molecule has 0 nitrogen and oxygen atoms in total. The van der Waals surface area contributed by atoms with Gasteiger partial charge in [-0.05, 0) is 12.8 Å². The molecule has 0 unspecified atom stereocenters. The van der Waals surface area contributed by atoms with Crippen LogP contribution in [0, 0.1) is 6.58 Å². The highest BCUT2D eigenvalue weighted by Crippen LogP contribution is 2.12. The Bertz CT molecular complexity index is 549. The van der Waals surface area contributed by atoms with Crippen molar-refractivity contribution in [1.29, 1.82) is 0 Å². The Morgan fingerprint density at radius 3 is 1.13 bits per heavy atom. The van der Waals surface area contributed by atoms with E-state index in [0.29, 0.717) is 0 Å². The third-order valence-corrected chi connectivity index (χ3v) is 4.80. The Hall–Kier alpha value is -2.08. The van der Waals surface area contributed by atoms with Crippen molar-refractivity contribution in [2.75, 3.05) is 0 Å². The summed E-state index contributed by atoms with van der Waals surface area (Å²) in [6, 6.07) is 0. The fourth-order valence-corrected chi connectivity index (χ4v) is 3.05. The van der Waals surface area contributed by atoms with Crippen LogP contribution in [-0.4, -0.2) is 0 Å². The molecule has 0 amide bonds. The van der Waals surface area contributed by atoms with Crippen LogP contribution in [0.4, 0.5) is 0 Å². The second kappa shape index (κ2) is 26.9. The monoisotopic (exact) mass is 405 g/mol. The molecular formula is C30H45. The predicted octanol–water partition coefficient (Wildman–Crippen LogP) is 9.96. The Balaban J connectivity index is 3.46. The fraction of sp³-hybridized carbons (Fsp3) is 0.467. The van der Waals surface area contributed by atoms with Crippen LogP contribution in [0.15, 0.2) is 91.1 Å². The SMILES string of the molecule is [CH]=CC=CC=CC=CC=CC=CC=CC=CCCCCCCCCCCCCCC. The van der Waals surface area contributed by atoms with Crippen LogP contribution in [0.2, 0.25) is 0 Å². The summed E-state index contributed by atoms with van der Waals surface area (Å²) in [6.07, 6.45) is 48.0. The van der Waals surface area contributed by atoms with Crippen LogP contribution in [0.25, 0.3) is 0 Å². The molecule has 0 aliphatic heterocycles. The van der Waals surface area contributed by atoms with E-state index in [1.54, 1.807) is 6.08 Å². The maximum atomic E-state index is 5.24. The van der Waals surface area contributed by atoms with E-state index in [-0.39, 0.29) is 0 Å². The van der Waals surface area contributed by atoms with Gasteiger partial charge in [0.1, 0.15) is 0 Å². The minimum Gasteiger partial charge on any atom is -0.0845 e. The first kappa shape index (κ1) is 27.9. The summed E-state index contributed by atoms with van der Waals surface area (Å²) in [7, 11) is 0. The van der Waals surface area contributed by atoms with Crippen molar-refractivity contribution in [1.82, 2.24) is 0 Å². The van der Waals surface area contributed by atoms with E-state index < -0.39 is 0 Å². The third kappa shape index (κ3) is 25.9. The quantitative estimate of drug-likeness (QED) is 0.140. The minimum atomic E-state index is 1.20. The lowest BCUT2D eigenvalue weighted by atomic mass is 10.0. The minimum absolute atomic E-state index is 1.20. The molecule has 0 rings (SSSR count). The Morgan fingerprint density at radius 1 is 0.400 bits per heavy atom. The van der Waals surface area contributed by atoms with Crippen LogP contribution in [0.5, 0.6) is 0 Å². The van der Waals surface area contributed by atoms with E-state index in [9.17, 15) is 0 Å². The lowest BCUT2D eigenvalue weighted by molar-refractivity contribution is 0.545. The standard InChI is InChI=1S/C30H45/c1-3-5-7-9-11-13-15-17-19-21-23-25-27-29-30-28-26-24-22-20-18-16-14-12-10-8-6-4-2/h1,3,5,7,9,11,13,15,17,19,21,23,25,27,29-30H,4,6,8,10,12,14,16,18,20,22,24,26,28H2,2H3. The Kier molecular flexibility index (Phi) is 25.1. The summed E-state index contributed by atoms with van der Waals surface area (Å²) in [4.78, 5) is 0. The summed E-state index contributed by atoms with van der Waals surface area (Å²) in [5.74, 6) is 0. The van der Waals surface area contributed by atoms with Crippen LogP contribution in [0.3, 0.4) is 0 Å². The molecule has 0 spiro atoms. The lowest BCUT2D eigenvalue weighted by Gasteiger charge is -2.02. The number of unbranched alkanes of at least 4 members (excludes halogenated alkanes) is 12. The lowest BCUT2D eigenvalue weighted by Crippen LogP contribution is -1.82. The van der Waals surface area contributed by atoms with Crippen molar-refractivity contribution in [3.63, 3.8) is 0 Å². The highest BCUT2D eigenvalue weighted by atomic mass is 14.0. The van der Waals surface area contributed by atoms with Crippen molar-refractivity contribution in [2.45, 2.75) is 90.4 Å². The smallest absolute Gasteiger partial charge is 0.0348 e. The van der Waals surface area contributed by atoms with Gasteiger partial charge in [-0.2, -0.15) is 0 Å². The zero-order chi connectivity index (χ0) is 21.8. The first-order valence-electron chi connectivity index (χ1n) is 12.1. The van der Waals surface area contributed by atoms with Gasteiger partial charge in [-0.1, -0.05) is 175 Å². The molecule has 0 heteroatoms. The molecule has 165 valence electrons. The normalized spacial score (nSPS) is 13.1. The number of hydrogen-bond acceptors (Lipinski definition) is 0. The molecule has 0 aliphatic rings. The summed E-state index contributed by atoms with van der Waals surface area (Å²) >= 11 is 0. The van der Waals surface area contributed by atoms with Crippen molar-refractivity contribution in [3.05, 3.63) is 97.7 Å². The van der Waals surface area contributed by atoms with E-state index in [1.807, 2.05) is 54.7 Å². The van der Waals surface area contributed by atoms with Crippen LogP contribution < -0.4 is 0 Å². The highest BCUT2D eigenvalue weighted by molar-refractivity contribution is 5.20. The van der Waals surface area contributed by atoms with Gasteiger partial charge in [-0.15, -0.1) is 0 Å². The maximum Gasteiger partial charge on any atom is -0.0348 e. The number of allylic oxidation sites excluding steroid dienone is 15. The molecule has 0 saturated carbocycles. The summed E-state index contributed by atoms with van der Waals surface area (Å²) in [6.45, 7) is 7.52. The second-order valence-electron chi connectivity index (χ2n) is 7.61. The molecule has 0 aromatic heterocycles. The fourth-order valence-electron chi connectivity index (χ4n) is 3.05. The summed E-state index contributed by atoms with van der Waals surface area (Å²) < 4.78 is 0. The molecule has 0 saturated heterocycles. The molecule has 0 aromatic rings. The van der Waals surface area contributed by atoms with Crippen LogP contribution in [0.1, 0.15) is 90.4 Å². The number of hydrogen-bond donors (Lipinski definition) is 0. The molecule has 0 fully saturated rings. The average Bonchev–Trinajstić information content (AvgIpc) is 2.76. The van der Waals surface area contributed by atoms with E-state index in [4.69, 9.17) is 6.58 Å². The van der Waals surface area contributed by atoms with E-state index in [1.165, 1.54) is 89.5 Å². The highest BCUT2D eigenvalue weighted by Gasteiger charge is 1.92. The van der Waals surface area contributed by atoms with Gasteiger partial charge in [0.25, 0.3) is 0 Å². The molecule has 0 aliphatic carbocycles. The molecule has 0 bridgehead atoms. The van der Waals surface area contributed by atoms with E-state index in [0.717, 1.165) is 0 Å². The van der Waals surface area contributed by atoms with Crippen LogP contribution >= 0.6 is 0 Å². The predicted molar refractivity (Wildman–Crippen MR) is 139 cm³/mol. The number of rotatable bonds is 20. The van der Waals surface area contributed by atoms with E-state index in [2.05, 4.69) is 31.2 Å². The first-order valence-corrected chi connectivity index (χ1v) is 12.1. The first-order chi connectivity index (χ1) is 14.9. The van der Waals surface area contributed by atoms with Gasteiger partial charge in [0.15, 0.2) is 0 Å². The average molecular weight is 406 g/mol. The van der Waals surface area contributed by atoms with Crippen molar-refractivity contribution in [2.24, 2.45) is 0 Å². The zero-order valence-electron chi connectivity index (χ0n) is 19.4. The largest absolute Gasteiger partial charge is 0.0845 e. The van der Waals surface area contributed by atoms with Gasteiger partial charge >= 0.3 is 0 Å². The van der Waals surface area contributed by atoms with Gasteiger partial charge < -0.3 is 0 Å². The molecule has 0 aromatic carbocycles.